The lowest BCUT2D eigenvalue weighted by Crippen LogP contribution is -2.12. The smallest absolute Gasteiger partial charge is 0.132 e. The van der Waals surface area contributed by atoms with E-state index in [1.165, 1.54) is 0 Å². The van der Waals surface area contributed by atoms with Crippen molar-refractivity contribution in [2.75, 3.05) is 7.11 Å². The summed E-state index contributed by atoms with van der Waals surface area (Å²) in [6.07, 6.45) is 4.87. The molecule has 0 aromatic carbocycles. The standard InChI is InChI=1S/C10H13NO/c1-10(2)5-4-9(12-3)8(6-10)7-11/h4,6H,5H2,1-3H3. The van der Waals surface area contributed by atoms with Crippen molar-refractivity contribution in [2.24, 2.45) is 5.41 Å². The lowest BCUT2D eigenvalue weighted by Gasteiger charge is -2.23. The van der Waals surface area contributed by atoms with Gasteiger partial charge in [-0.3, -0.25) is 0 Å². The van der Waals surface area contributed by atoms with Gasteiger partial charge in [0.2, 0.25) is 0 Å². The molecule has 0 saturated heterocycles. The zero-order valence-electron chi connectivity index (χ0n) is 7.72. The Hall–Kier alpha value is -1.23. The van der Waals surface area contributed by atoms with Crippen LogP contribution in [0.5, 0.6) is 0 Å². The molecule has 0 aromatic rings. The maximum absolute atomic E-state index is 8.79. The first-order valence-corrected chi connectivity index (χ1v) is 3.96. The highest BCUT2D eigenvalue weighted by atomic mass is 16.5. The van der Waals surface area contributed by atoms with Gasteiger partial charge in [0.1, 0.15) is 11.8 Å². The first-order valence-electron chi connectivity index (χ1n) is 3.96. The maximum Gasteiger partial charge on any atom is 0.132 e. The fourth-order valence-electron chi connectivity index (χ4n) is 1.27. The van der Waals surface area contributed by atoms with Crippen LogP contribution in [0.2, 0.25) is 0 Å². The maximum atomic E-state index is 8.79. The van der Waals surface area contributed by atoms with Gasteiger partial charge >= 0.3 is 0 Å². The number of allylic oxidation sites excluding steroid dienone is 3. The van der Waals surface area contributed by atoms with Gasteiger partial charge in [0.15, 0.2) is 0 Å². The van der Waals surface area contributed by atoms with Crippen LogP contribution < -0.4 is 0 Å². The van der Waals surface area contributed by atoms with Crippen molar-refractivity contribution in [1.82, 2.24) is 0 Å². The molecule has 0 spiro atoms. The fraction of sp³-hybridized carbons (Fsp3) is 0.500. The van der Waals surface area contributed by atoms with E-state index in [1.807, 2.05) is 12.2 Å². The van der Waals surface area contributed by atoms with Crippen LogP contribution in [0.3, 0.4) is 0 Å². The predicted octanol–water partition coefficient (Wildman–Crippen LogP) is 2.40. The van der Waals surface area contributed by atoms with Gasteiger partial charge in [-0.15, -0.1) is 0 Å². The topological polar surface area (TPSA) is 33.0 Å². The Balaban J connectivity index is 2.96. The first-order chi connectivity index (χ1) is 5.59. The second-order valence-electron chi connectivity index (χ2n) is 3.64. The second kappa shape index (κ2) is 3.02. The van der Waals surface area contributed by atoms with Crippen LogP contribution in [-0.2, 0) is 4.74 Å². The van der Waals surface area contributed by atoms with Crippen molar-refractivity contribution >= 4 is 0 Å². The van der Waals surface area contributed by atoms with E-state index in [2.05, 4.69) is 19.9 Å². The van der Waals surface area contributed by atoms with Gasteiger partial charge in [0.05, 0.1) is 12.7 Å². The van der Waals surface area contributed by atoms with Crippen LogP contribution >= 0.6 is 0 Å². The zero-order chi connectivity index (χ0) is 9.19. The molecule has 0 saturated carbocycles. The summed E-state index contributed by atoms with van der Waals surface area (Å²) in [5.41, 5.74) is 0.737. The molecule has 0 aromatic heterocycles. The number of nitriles is 1. The van der Waals surface area contributed by atoms with E-state index in [1.54, 1.807) is 7.11 Å². The highest BCUT2D eigenvalue weighted by Gasteiger charge is 2.21. The number of rotatable bonds is 1. The third kappa shape index (κ3) is 1.68. The van der Waals surface area contributed by atoms with Crippen LogP contribution in [-0.4, -0.2) is 7.11 Å². The van der Waals surface area contributed by atoms with Gasteiger partial charge in [-0.1, -0.05) is 19.9 Å². The SMILES string of the molecule is COC1=CCC(C)(C)C=C1C#N. The third-order valence-corrected chi connectivity index (χ3v) is 1.95. The van der Waals surface area contributed by atoms with Crippen LogP contribution in [0.15, 0.2) is 23.5 Å². The highest BCUT2D eigenvalue weighted by Crippen LogP contribution is 2.32. The summed E-state index contributed by atoms with van der Waals surface area (Å²) < 4.78 is 5.06. The van der Waals surface area contributed by atoms with Gasteiger partial charge in [-0.05, 0) is 17.9 Å². The Kier molecular flexibility index (Phi) is 2.23. The van der Waals surface area contributed by atoms with Crippen molar-refractivity contribution in [2.45, 2.75) is 20.3 Å². The molecule has 0 radical (unpaired) electrons. The summed E-state index contributed by atoms with van der Waals surface area (Å²) >= 11 is 0. The fourth-order valence-corrected chi connectivity index (χ4v) is 1.27. The van der Waals surface area contributed by atoms with Crippen LogP contribution in [0.1, 0.15) is 20.3 Å². The Morgan fingerprint density at radius 3 is 2.75 bits per heavy atom. The Morgan fingerprint density at radius 2 is 2.25 bits per heavy atom. The quantitative estimate of drug-likeness (QED) is 0.594. The summed E-state index contributed by atoms with van der Waals surface area (Å²) in [4.78, 5) is 0. The average Bonchev–Trinajstić information content (AvgIpc) is 2.03. The van der Waals surface area contributed by atoms with Gasteiger partial charge < -0.3 is 4.74 Å². The molecule has 0 aliphatic heterocycles. The molecule has 0 unspecified atom stereocenters. The van der Waals surface area contributed by atoms with Gasteiger partial charge in [0, 0.05) is 0 Å². The zero-order valence-corrected chi connectivity index (χ0v) is 7.72. The third-order valence-electron chi connectivity index (χ3n) is 1.95. The van der Waals surface area contributed by atoms with E-state index in [0.29, 0.717) is 11.3 Å². The highest BCUT2D eigenvalue weighted by molar-refractivity contribution is 5.42. The molecule has 0 heterocycles. The Bertz CT molecular complexity index is 279. The average molecular weight is 163 g/mol. The molecule has 64 valence electrons. The van der Waals surface area contributed by atoms with Crippen LogP contribution in [0.25, 0.3) is 0 Å². The number of hydrogen-bond acceptors (Lipinski definition) is 2. The van der Waals surface area contributed by atoms with Crippen LogP contribution in [0.4, 0.5) is 0 Å². The van der Waals surface area contributed by atoms with Gasteiger partial charge in [-0.2, -0.15) is 5.26 Å². The lowest BCUT2D eigenvalue weighted by molar-refractivity contribution is 0.292. The van der Waals surface area contributed by atoms with E-state index in [-0.39, 0.29) is 5.41 Å². The minimum atomic E-state index is 0.0904. The van der Waals surface area contributed by atoms with Gasteiger partial charge in [-0.25, -0.2) is 0 Å². The monoisotopic (exact) mass is 163 g/mol. The van der Waals surface area contributed by atoms with Crippen molar-refractivity contribution in [3.05, 3.63) is 23.5 Å². The molecule has 1 aliphatic rings. The van der Waals surface area contributed by atoms with Crippen molar-refractivity contribution < 1.29 is 4.74 Å². The molecule has 0 amide bonds. The van der Waals surface area contributed by atoms with E-state index in [4.69, 9.17) is 10.00 Å². The number of methoxy groups -OCH3 is 1. The normalized spacial score (nSPS) is 20.5. The molecule has 0 N–H and O–H groups in total. The Labute approximate surface area is 73.1 Å². The molecular formula is C10H13NO. The molecule has 2 heteroatoms. The van der Waals surface area contributed by atoms with E-state index >= 15 is 0 Å². The number of ether oxygens (including phenoxy) is 1. The molecule has 12 heavy (non-hydrogen) atoms. The molecule has 0 bridgehead atoms. The van der Waals surface area contributed by atoms with Crippen molar-refractivity contribution in [3.8, 4) is 6.07 Å². The second-order valence-corrected chi connectivity index (χ2v) is 3.64. The Morgan fingerprint density at radius 1 is 1.58 bits per heavy atom. The summed E-state index contributed by atoms with van der Waals surface area (Å²) in [5, 5.41) is 8.79. The van der Waals surface area contributed by atoms with Crippen molar-refractivity contribution in [1.29, 1.82) is 5.26 Å². The molecule has 1 aliphatic carbocycles. The van der Waals surface area contributed by atoms with E-state index in [0.717, 1.165) is 6.42 Å². The predicted molar refractivity (Wildman–Crippen MR) is 47.2 cm³/mol. The molecular weight excluding hydrogens is 150 g/mol. The van der Waals surface area contributed by atoms with Crippen LogP contribution in [0, 0.1) is 16.7 Å². The van der Waals surface area contributed by atoms with E-state index in [9.17, 15) is 0 Å². The van der Waals surface area contributed by atoms with E-state index < -0.39 is 0 Å². The molecule has 1 rings (SSSR count). The van der Waals surface area contributed by atoms with Crippen molar-refractivity contribution in [3.63, 3.8) is 0 Å². The number of nitrogens with zero attached hydrogens (tertiary/aromatic N) is 1. The largest absolute Gasteiger partial charge is 0.496 e. The lowest BCUT2D eigenvalue weighted by atomic mass is 9.83. The summed E-state index contributed by atoms with van der Waals surface area (Å²) in [7, 11) is 1.59. The molecule has 0 atom stereocenters. The minimum absolute atomic E-state index is 0.0904. The molecule has 0 fully saturated rings. The first kappa shape index (κ1) is 8.86. The minimum Gasteiger partial charge on any atom is -0.496 e. The summed E-state index contributed by atoms with van der Waals surface area (Å²) in [6, 6.07) is 2.13. The summed E-state index contributed by atoms with van der Waals surface area (Å²) in [6.45, 7) is 4.21. The summed E-state index contributed by atoms with van der Waals surface area (Å²) in [5.74, 6) is 0.705. The van der Waals surface area contributed by atoms with Gasteiger partial charge in [0.25, 0.3) is 0 Å². The molecule has 2 nitrogen and oxygen atoms in total. The number of hydrogen-bond donors (Lipinski definition) is 0.